The number of halogens is 1. The third kappa shape index (κ3) is 2.91. The normalized spacial score (nSPS) is 14.9. The highest BCUT2D eigenvalue weighted by Gasteiger charge is 2.25. The molecule has 1 fully saturated rings. The van der Waals surface area contributed by atoms with E-state index >= 15 is 0 Å². The molecule has 0 saturated carbocycles. The minimum Gasteiger partial charge on any atom is -0.338 e. The molecular weight excluding hydrogens is 388 g/mol. The predicted molar refractivity (Wildman–Crippen MR) is 96.8 cm³/mol. The summed E-state index contributed by atoms with van der Waals surface area (Å²) in [5, 5.41) is 7.41. The molecule has 1 aliphatic rings. The van der Waals surface area contributed by atoms with E-state index in [0.29, 0.717) is 43.2 Å². The van der Waals surface area contributed by atoms with Gasteiger partial charge in [-0.15, -0.1) is 0 Å². The van der Waals surface area contributed by atoms with Crippen molar-refractivity contribution in [1.29, 1.82) is 0 Å². The van der Waals surface area contributed by atoms with Gasteiger partial charge in [0.1, 0.15) is 6.33 Å². The van der Waals surface area contributed by atoms with Crippen LogP contribution in [-0.2, 0) is 0 Å². The first-order valence-electron chi connectivity index (χ1n) is 7.84. The Morgan fingerprint density at radius 1 is 1.20 bits per heavy atom. The van der Waals surface area contributed by atoms with E-state index in [2.05, 4.69) is 36.1 Å². The molecule has 1 amide bonds. The number of aromatic amines is 2. The zero-order valence-corrected chi connectivity index (χ0v) is 14.8. The number of nitrogens with one attached hydrogen (secondary N) is 2. The summed E-state index contributed by atoms with van der Waals surface area (Å²) in [7, 11) is 0. The van der Waals surface area contributed by atoms with Crippen LogP contribution in [0.1, 0.15) is 10.4 Å². The SMILES string of the molecule is O=C(c1cc(=O)[nH]c2c(Br)cccc12)N1CCN(c2ncn[nH]2)CC1. The van der Waals surface area contributed by atoms with Crippen LogP contribution in [0.15, 0.2) is 39.9 Å². The Balaban J connectivity index is 1.61. The summed E-state index contributed by atoms with van der Waals surface area (Å²) >= 11 is 3.42. The summed E-state index contributed by atoms with van der Waals surface area (Å²) in [6.07, 6.45) is 1.47. The number of rotatable bonds is 2. The standard InChI is InChI=1S/C16H15BrN6O2/c17-12-3-1-2-10-11(8-13(24)20-14(10)12)15(25)22-4-6-23(7-5-22)16-18-9-19-21-16/h1-3,8-9H,4-7H2,(H,20,24)(H,18,19,21). The molecule has 2 aromatic heterocycles. The number of hydrogen-bond donors (Lipinski definition) is 2. The molecule has 0 aliphatic carbocycles. The number of H-pyrrole nitrogens is 2. The highest BCUT2D eigenvalue weighted by atomic mass is 79.9. The van der Waals surface area contributed by atoms with Crippen LogP contribution < -0.4 is 10.5 Å². The molecule has 3 heterocycles. The topological polar surface area (TPSA) is 98.0 Å². The van der Waals surface area contributed by atoms with Gasteiger partial charge in [0.05, 0.1) is 11.1 Å². The van der Waals surface area contributed by atoms with Gasteiger partial charge in [0, 0.05) is 42.1 Å². The fraction of sp³-hybridized carbons (Fsp3) is 0.250. The van der Waals surface area contributed by atoms with Crippen LogP contribution in [-0.4, -0.2) is 57.2 Å². The van der Waals surface area contributed by atoms with Crippen molar-refractivity contribution in [2.75, 3.05) is 31.1 Å². The zero-order valence-electron chi connectivity index (χ0n) is 13.2. The van der Waals surface area contributed by atoms with E-state index in [1.807, 2.05) is 23.1 Å². The van der Waals surface area contributed by atoms with Crippen LogP contribution in [0.5, 0.6) is 0 Å². The molecule has 2 N–H and O–H groups in total. The molecule has 0 atom stereocenters. The lowest BCUT2D eigenvalue weighted by Gasteiger charge is -2.34. The fourth-order valence-electron chi connectivity index (χ4n) is 3.06. The molecule has 3 aromatic rings. The minimum absolute atomic E-state index is 0.133. The van der Waals surface area contributed by atoms with Crippen molar-refractivity contribution in [3.05, 3.63) is 51.0 Å². The van der Waals surface area contributed by atoms with Gasteiger partial charge >= 0.3 is 0 Å². The monoisotopic (exact) mass is 402 g/mol. The molecule has 1 saturated heterocycles. The maximum atomic E-state index is 13.0. The third-order valence-electron chi connectivity index (χ3n) is 4.33. The van der Waals surface area contributed by atoms with E-state index in [4.69, 9.17) is 0 Å². The number of hydrogen-bond acceptors (Lipinski definition) is 5. The van der Waals surface area contributed by atoms with Crippen molar-refractivity contribution in [1.82, 2.24) is 25.1 Å². The summed E-state index contributed by atoms with van der Waals surface area (Å²) < 4.78 is 0.756. The number of amides is 1. The summed E-state index contributed by atoms with van der Waals surface area (Å²) in [6.45, 7) is 2.43. The molecule has 0 radical (unpaired) electrons. The van der Waals surface area contributed by atoms with Crippen molar-refractivity contribution >= 4 is 38.7 Å². The summed E-state index contributed by atoms with van der Waals surface area (Å²) in [6, 6.07) is 6.90. The Hall–Kier alpha value is -2.68. The third-order valence-corrected chi connectivity index (χ3v) is 4.99. The number of carbonyl (C=O) groups excluding carboxylic acids is 1. The van der Waals surface area contributed by atoms with Gasteiger partial charge in [0.25, 0.3) is 5.91 Å². The predicted octanol–water partition coefficient (Wildman–Crippen LogP) is 1.37. The smallest absolute Gasteiger partial charge is 0.254 e. The molecule has 0 unspecified atom stereocenters. The van der Waals surface area contributed by atoms with Gasteiger partial charge in [-0.2, -0.15) is 10.1 Å². The number of pyridine rings is 1. The average molecular weight is 403 g/mol. The molecule has 0 spiro atoms. The summed E-state index contributed by atoms with van der Waals surface area (Å²) in [5.74, 6) is 0.573. The van der Waals surface area contributed by atoms with Crippen LogP contribution in [0.3, 0.4) is 0 Å². The maximum absolute atomic E-state index is 13.0. The van der Waals surface area contributed by atoms with Gasteiger partial charge in [0.15, 0.2) is 0 Å². The highest BCUT2D eigenvalue weighted by Crippen LogP contribution is 2.24. The highest BCUT2D eigenvalue weighted by molar-refractivity contribution is 9.10. The number of para-hydroxylation sites is 1. The Labute approximate surface area is 151 Å². The number of carbonyl (C=O) groups is 1. The maximum Gasteiger partial charge on any atom is 0.254 e. The fourth-order valence-corrected chi connectivity index (χ4v) is 3.53. The largest absolute Gasteiger partial charge is 0.338 e. The molecule has 8 nitrogen and oxygen atoms in total. The second kappa shape index (κ2) is 6.32. The lowest BCUT2D eigenvalue weighted by molar-refractivity contribution is 0.0748. The van der Waals surface area contributed by atoms with Gasteiger partial charge < -0.3 is 14.8 Å². The lowest BCUT2D eigenvalue weighted by atomic mass is 10.1. The van der Waals surface area contributed by atoms with Crippen molar-refractivity contribution < 1.29 is 4.79 Å². The number of nitrogens with zero attached hydrogens (tertiary/aromatic N) is 4. The molecule has 4 rings (SSSR count). The Morgan fingerprint density at radius 2 is 2.00 bits per heavy atom. The second-order valence-corrected chi connectivity index (χ2v) is 6.65. The second-order valence-electron chi connectivity index (χ2n) is 5.80. The Kier molecular flexibility index (Phi) is 4.00. The van der Waals surface area contributed by atoms with Crippen molar-refractivity contribution in [2.45, 2.75) is 0 Å². The summed E-state index contributed by atoms with van der Waals surface area (Å²) in [5.41, 5.74) is 0.773. The van der Waals surface area contributed by atoms with Crippen molar-refractivity contribution in [3.63, 3.8) is 0 Å². The lowest BCUT2D eigenvalue weighted by Crippen LogP contribution is -2.49. The molecule has 0 bridgehead atoms. The van der Waals surface area contributed by atoms with Crippen LogP contribution in [0.4, 0.5) is 5.95 Å². The Morgan fingerprint density at radius 3 is 2.72 bits per heavy atom. The van der Waals surface area contributed by atoms with Gasteiger partial charge in [0.2, 0.25) is 11.5 Å². The van der Waals surface area contributed by atoms with Crippen LogP contribution in [0.25, 0.3) is 10.9 Å². The molecule has 9 heteroatoms. The van der Waals surface area contributed by atoms with Gasteiger partial charge in [-0.3, -0.25) is 9.59 Å². The molecule has 128 valence electrons. The average Bonchev–Trinajstić information content (AvgIpc) is 3.16. The first kappa shape index (κ1) is 15.8. The number of piperazine rings is 1. The van der Waals surface area contributed by atoms with Gasteiger partial charge in [-0.25, -0.2) is 5.10 Å². The number of fused-ring (bicyclic) bond motifs is 1. The minimum atomic E-state index is -0.289. The van der Waals surface area contributed by atoms with E-state index in [9.17, 15) is 9.59 Å². The molecule has 1 aromatic carbocycles. The zero-order chi connectivity index (χ0) is 17.4. The van der Waals surface area contributed by atoms with E-state index in [1.54, 1.807) is 4.90 Å². The molecular formula is C16H15BrN6O2. The molecule has 1 aliphatic heterocycles. The summed E-state index contributed by atoms with van der Waals surface area (Å²) in [4.78, 5) is 35.7. The number of aromatic nitrogens is 4. The van der Waals surface area contributed by atoms with Crippen molar-refractivity contribution in [3.8, 4) is 0 Å². The van der Waals surface area contributed by atoms with E-state index in [0.717, 1.165) is 9.86 Å². The van der Waals surface area contributed by atoms with Crippen LogP contribution in [0.2, 0.25) is 0 Å². The quantitative estimate of drug-likeness (QED) is 0.674. The number of anilines is 1. The number of benzene rings is 1. The Bertz CT molecular complexity index is 976. The van der Waals surface area contributed by atoms with Crippen molar-refractivity contribution in [2.24, 2.45) is 0 Å². The van der Waals surface area contributed by atoms with E-state index in [1.165, 1.54) is 12.4 Å². The van der Waals surface area contributed by atoms with Gasteiger partial charge in [-0.1, -0.05) is 12.1 Å². The van der Waals surface area contributed by atoms with Crippen LogP contribution >= 0.6 is 15.9 Å². The molecule has 25 heavy (non-hydrogen) atoms. The van der Waals surface area contributed by atoms with Crippen LogP contribution in [0, 0.1) is 0 Å². The van der Waals surface area contributed by atoms with E-state index in [-0.39, 0.29) is 11.5 Å². The van der Waals surface area contributed by atoms with Gasteiger partial charge in [-0.05, 0) is 22.0 Å². The first-order valence-corrected chi connectivity index (χ1v) is 8.64. The first-order chi connectivity index (χ1) is 12.1. The van der Waals surface area contributed by atoms with E-state index < -0.39 is 0 Å².